The van der Waals surface area contributed by atoms with E-state index in [-0.39, 0.29) is 16.7 Å². The third-order valence-corrected chi connectivity index (χ3v) is 4.24. The van der Waals surface area contributed by atoms with Gasteiger partial charge >= 0.3 is 0 Å². The van der Waals surface area contributed by atoms with E-state index in [4.69, 9.17) is 0 Å². The van der Waals surface area contributed by atoms with Crippen molar-refractivity contribution in [2.24, 2.45) is 0 Å². The molecule has 5 heteroatoms. The SMILES string of the molecule is Cc1ccc2c(c1)C(=O)/C(=C/N1C(=O)c3ccccc3C1=O)C2=O. The lowest BCUT2D eigenvalue weighted by Crippen LogP contribution is -2.25. The van der Waals surface area contributed by atoms with Crippen LogP contribution in [0.5, 0.6) is 0 Å². The molecule has 2 amide bonds. The molecule has 0 saturated heterocycles. The minimum absolute atomic E-state index is 0.162. The Morgan fingerprint density at radius 1 is 0.750 bits per heavy atom. The summed E-state index contributed by atoms with van der Waals surface area (Å²) in [6, 6.07) is 11.4. The number of hydrogen-bond donors (Lipinski definition) is 0. The molecule has 0 bridgehead atoms. The molecule has 24 heavy (non-hydrogen) atoms. The average molecular weight is 317 g/mol. The van der Waals surface area contributed by atoms with Gasteiger partial charge in [0.1, 0.15) is 0 Å². The van der Waals surface area contributed by atoms with Crippen LogP contribution in [0, 0.1) is 6.92 Å². The molecule has 0 aromatic heterocycles. The Labute approximate surface area is 137 Å². The molecule has 1 aliphatic heterocycles. The fourth-order valence-corrected chi connectivity index (χ4v) is 3.01. The number of carbonyl (C=O) groups excluding carboxylic acids is 4. The van der Waals surface area contributed by atoms with Crippen molar-refractivity contribution >= 4 is 23.4 Å². The van der Waals surface area contributed by atoms with Crippen molar-refractivity contribution in [2.75, 3.05) is 0 Å². The van der Waals surface area contributed by atoms with E-state index < -0.39 is 23.4 Å². The lowest BCUT2D eigenvalue weighted by atomic mass is 10.1. The number of allylic oxidation sites excluding steroid dienone is 1. The van der Waals surface area contributed by atoms with Gasteiger partial charge in [0, 0.05) is 17.3 Å². The Morgan fingerprint density at radius 3 is 1.96 bits per heavy atom. The quantitative estimate of drug-likeness (QED) is 0.460. The molecule has 0 radical (unpaired) electrons. The number of aryl methyl sites for hydroxylation is 1. The topological polar surface area (TPSA) is 71.5 Å². The summed E-state index contributed by atoms with van der Waals surface area (Å²) < 4.78 is 0. The van der Waals surface area contributed by atoms with Crippen molar-refractivity contribution in [3.8, 4) is 0 Å². The summed E-state index contributed by atoms with van der Waals surface area (Å²) in [6.45, 7) is 1.82. The molecule has 5 nitrogen and oxygen atoms in total. The number of nitrogens with zero attached hydrogens (tertiary/aromatic N) is 1. The summed E-state index contributed by atoms with van der Waals surface area (Å²) in [4.78, 5) is 50.5. The molecule has 2 aromatic carbocycles. The molecule has 0 spiro atoms. The number of amides is 2. The van der Waals surface area contributed by atoms with E-state index in [9.17, 15) is 19.2 Å². The third-order valence-electron chi connectivity index (χ3n) is 4.24. The van der Waals surface area contributed by atoms with E-state index in [1.54, 1.807) is 42.5 Å². The number of ketones is 2. The molecule has 0 unspecified atom stereocenters. The Hall–Kier alpha value is -3.34. The van der Waals surface area contributed by atoms with Crippen molar-refractivity contribution in [3.63, 3.8) is 0 Å². The molecule has 2 aromatic rings. The zero-order chi connectivity index (χ0) is 17.0. The second-order valence-electron chi connectivity index (χ2n) is 5.78. The molecule has 1 heterocycles. The van der Waals surface area contributed by atoms with Crippen LogP contribution in [0.15, 0.2) is 54.2 Å². The predicted octanol–water partition coefficient (Wildman–Crippen LogP) is 2.55. The molecule has 0 fully saturated rings. The summed E-state index contributed by atoms with van der Waals surface area (Å²) in [7, 11) is 0. The lowest BCUT2D eigenvalue weighted by molar-refractivity contribution is 0.0720. The predicted molar refractivity (Wildman–Crippen MR) is 84.9 cm³/mol. The third kappa shape index (κ3) is 1.81. The highest BCUT2D eigenvalue weighted by Gasteiger charge is 2.38. The van der Waals surface area contributed by atoms with E-state index >= 15 is 0 Å². The molecule has 0 atom stereocenters. The van der Waals surface area contributed by atoms with Crippen LogP contribution in [0.3, 0.4) is 0 Å². The van der Waals surface area contributed by atoms with Gasteiger partial charge in [0.25, 0.3) is 11.8 Å². The molecule has 2 aliphatic rings. The van der Waals surface area contributed by atoms with Gasteiger partial charge in [-0.3, -0.25) is 19.2 Å². The van der Waals surface area contributed by atoms with Crippen molar-refractivity contribution in [1.82, 2.24) is 4.90 Å². The van der Waals surface area contributed by atoms with Gasteiger partial charge in [0.2, 0.25) is 0 Å². The number of fused-ring (bicyclic) bond motifs is 2. The maximum Gasteiger partial charge on any atom is 0.265 e. The minimum atomic E-state index is -0.532. The largest absolute Gasteiger partial charge is 0.288 e. The van der Waals surface area contributed by atoms with E-state index in [0.29, 0.717) is 11.1 Å². The summed E-state index contributed by atoms with van der Waals surface area (Å²) in [5, 5.41) is 0. The first-order chi connectivity index (χ1) is 11.5. The first-order valence-electron chi connectivity index (χ1n) is 7.38. The second kappa shape index (κ2) is 4.83. The highest BCUT2D eigenvalue weighted by molar-refractivity contribution is 6.40. The summed E-state index contributed by atoms with van der Waals surface area (Å²) >= 11 is 0. The zero-order valence-corrected chi connectivity index (χ0v) is 12.7. The van der Waals surface area contributed by atoms with Gasteiger partial charge < -0.3 is 0 Å². The van der Waals surface area contributed by atoms with Crippen molar-refractivity contribution in [1.29, 1.82) is 0 Å². The number of benzene rings is 2. The van der Waals surface area contributed by atoms with Crippen LogP contribution >= 0.6 is 0 Å². The Morgan fingerprint density at radius 2 is 1.33 bits per heavy atom. The molecule has 0 N–H and O–H groups in total. The Balaban J connectivity index is 1.79. The van der Waals surface area contributed by atoms with Crippen LogP contribution in [0.2, 0.25) is 0 Å². The number of rotatable bonds is 1. The smallest absolute Gasteiger partial charge is 0.265 e. The molecule has 1 aliphatic carbocycles. The lowest BCUT2D eigenvalue weighted by Gasteiger charge is -2.08. The van der Waals surface area contributed by atoms with Crippen LogP contribution < -0.4 is 0 Å². The minimum Gasteiger partial charge on any atom is -0.288 e. The van der Waals surface area contributed by atoms with Gasteiger partial charge in [-0.25, -0.2) is 4.90 Å². The van der Waals surface area contributed by atoms with Gasteiger partial charge in [-0.05, 0) is 25.1 Å². The van der Waals surface area contributed by atoms with E-state index in [1.165, 1.54) is 0 Å². The van der Waals surface area contributed by atoms with Crippen LogP contribution in [-0.2, 0) is 0 Å². The molecule has 4 rings (SSSR count). The first-order valence-corrected chi connectivity index (χ1v) is 7.38. The highest BCUT2D eigenvalue weighted by Crippen LogP contribution is 2.30. The monoisotopic (exact) mass is 317 g/mol. The average Bonchev–Trinajstić information content (AvgIpc) is 2.96. The zero-order valence-electron chi connectivity index (χ0n) is 12.7. The van der Waals surface area contributed by atoms with Crippen molar-refractivity contribution < 1.29 is 19.2 Å². The van der Waals surface area contributed by atoms with E-state index in [2.05, 4.69) is 0 Å². The number of hydrogen-bond acceptors (Lipinski definition) is 4. The summed E-state index contributed by atoms with van der Waals surface area (Å²) in [6.07, 6.45) is 1.07. The van der Waals surface area contributed by atoms with E-state index in [1.807, 2.05) is 6.92 Å². The maximum atomic E-state index is 12.5. The number of Topliss-reactive ketones (excluding diaryl/α,β-unsaturated/α-hetero) is 2. The first kappa shape index (κ1) is 14.3. The van der Waals surface area contributed by atoms with Crippen LogP contribution in [0.1, 0.15) is 47.0 Å². The van der Waals surface area contributed by atoms with Crippen LogP contribution in [0.25, 0.3) is 0 Å². The fraction of sp³-hybridized carbons (Fsp3) is 0.0526. The van der Waals surface area contributed by atoms with Gasteiger partial charge in [0.15, 0.2) is 11.6 Å². The van der Waals surface area contributed by atoms with Gasteiger partial charge in [-0.15, -0.1) is 0 Å². The number of imide groups is 1. The fourth-order valence-electron chi connectivity index (χ4n) is 3.01. The van der Waals surface area contributed by atoms with Gasteiger partial charge in [0.05, 0.1) is 16.7 Å². The second-order valence-corrected chi connectivity index (χ2v) is 5.78. The normalized spacial score (nSPS) is 17.7. The maximum absolute atomic E-state index is 12.5. The van der Waals surface area contributed by atoms with Crippen LogP contribution in [0.4, 0.5) is 0 Å². The molecular weight excluding hydrogens is 306 g/mol. The molecule has 0 saturated carbocycles. The molecular formula is C19H11NO4. The summed E-state index contributed by atoms with van der Waals surface area (Å²) in [5.41, 5.74) is 1.84. The Bertz CT molecular complexity index is 965. The molecule has 116 valence electrons. The van der Waals surface area contributed by atoms with Gasteiger partial charge in [-0.2, -0.15) is 0 Å². The Kier molecular flexibility index (Phi) is 2.87. The van der Waals surface area contributed by atoms with Gasteiger partial charge in [-0.1, -0.05) is 29.8 Å². The van der Waals surface area contributed by atoms with E-state index in [0.717, 1.165) is 16.7 Å². The standard InChI is InChI=1S/C19H11NO4/c1-10-6-7-11-14(8-10)17(22)15(16(11)21)9-20-18(23)12-4-2-3-5-13(12)19(20)24/h2-9H,1H3/b15-9+. The van der Waals surface area contributed by atoms with Crippen molar-refractivity contribution in [3.05, 3.63) is 82.1 Å². The number of carbonyl (C=O) groups is 4. The summed E-state index contributed by atoms with van der Waals surface area (Å²) in [5.74, 6) is -1.99. The van der Waals surface area contributed by atoms with Crippen LogP contribution in [-0.4, -0.2) is 28.3 Å². The highest BCUT2D eigenvalue weighted by atomic mass is 16.2. The van der Waals surface area contributed by atoms with Crippen molar-refractivity contribution in [2.45, 2.75) is 6.92 Å².